The maximum Gasteiger partial charge on any atom is 0.136 e. The summed E-state index contributed by atoms with van der Waals surface area (Å²) in [5.74, 6) is 3.23. The van der Waals surface area contributed by atoms with Gasteiger partial charge in [0.05, 0.1) is 7.11 Å². The van der Waals surface area contributed by atoms with Crippen LogP contribution in [-0.2, 0) is 0 Å². The van der Waals surface area contributed by atoms with Gasteiger partial charge >= 0.3 is 0 Å². The summed E-state index contributed by atoms with van der Waals surface area (Å²) < 4.78 is 5.22. The number of hydrogen-bond donors (Lipinski definition) is 2. The number of anilines is 3. The van der Waals surface area contributed by atoms with Crippen molar-refractivity contribution in [2.45, 2.75) is 25.8 Å². The van der Waals surface area contributed by atoms with Crippen LogP contribution in [0.3, 0.4) is 0 Å². The summed E-state index contributed by atoms with van der Waals surface area (Å²) in [5.41, 5.74) is 0.944. The first-order chi connectivity index (χ1) is 9.72. The molecule has 20 heavy (non-hydrogen) atoms. The van der Waals surface area contributed by atoms with Crippen LogP contribution < -0.4 is 15.4 Å². The molecule has 1 saturated carbocycles. The number of rotatable bonds is 5. The molecule has 0 aliphatic heterocycles. The minimum Gasteiger partial charge on any atom is -0.497 e. The number of methoxy groups -OCH3 is 1. The molecule has 1 aliphatic rings. The third-order valence-electron chi connectivity index (χ3n) is 3.11. The van der Waals surface area contributed by atoms with E-state index in [0.717, 1.165) is 28.9 Å². The lowest BCUT2D eigenvalue weighted by atomic mass is 10.3. The Morgan fingerprint density at radius 1 is 1.15 bits per heavy atom. The summed E-state index contributed by atoms with van der Waals surface area (Å²) in [6.07, 6.45) is 2.45. The Kier molecular flexibility index (Phi) is 3.41. The summed E-state index contributed by atoms with van der Waals surface area (Å²) in [7, 11) is 1.66. The molecule has 5 heteroatoms. The van der Waals surface area contributed by atoms with Crippen LogP contribution in [0.2, 0.25) is 0 Å². The van der Waals surface area contributed by atoms with Crippen molar-refractivity contribution in [1.29, 1.82) is 0 Å². The van der Waals surface area contributed by atoms with Gasteiger partial charge in [0.25, 0.3) is 0 Å². The van der Waals surface area contributed by atoms with Gasteiger partial charge in [-0.1, -0.05) is 6.07 Å². The number of ether oxygens (including phenoxy) is 1. The SMILES string of the molecule is COc1cccc(Nc2cc(NC3CC3)nc(C)n2)c1. The van der Waals surface area contributed by atoms with E-state index in [1.807, 2.05) is 37.3 Å². The molecule has 2 N–H and O–H groups in total. The lowest BCUT2D eigenvalue weighted by molar-refractivity contribution is 0.415. The zero-order valence-corrected chi connectivity index (χ0v) is 11.7. The highest BCUT2D eigenvalue weighted by Gasteiger charge is 2.21. The summed E-state index contributed by atoms with van der Waals surface area (Å²) >= 11 is 0. The van der Waals surface area contributed by atoms with Crippen molar-refractivity contribution >= 4 is 17.3 Å². The maximum absolute atomic E-state index is 5.22. The summed E-state index contributed by atoms with van der Waals surface area (Å²) in [6.45, 7) is 1.90. The van der Waals surface area contributed by atoms with Crippen molar-refractivity contribution in [3.05, 3.63) is 36.2 Å². The van der Waals surface area contributed by atoms with Gasteiger partial charge in [0, 0.05) is 23.9 Å². The summed E-state index contributed by atoms with van der Waals surface area (Å²) in [5, 5.41) is 6.67. The topological polar surface area (TPSA) is 59.1 Å². The number of nitrogens with one attached hydrogen (secondary N) is 2. The van der Waals surface area contributed by atoms with E-state index >= 15 is 0 Å². The highest BCUT2D eigenvalue weighted by Crippen LogP contribution is 2.26. The second kappa shape index (κ2) is 5.36. The van der Waals surface area contributed by atoms with Gasteiger partial charge in [-0.25, -0.2) is 9.97 Å². The third kappa shape index (κ3) is 3.17. The molecule has 5 nitrogen and oxygen atoms in total. The van der Waals surface area contributed by atoms with Gasteiger partial charge in [0.1, 0.15) is 23.2 Å². The van der Waals surface area contributed by atoms with Gasteiger partial charge in [-0.15, -0.1) is 0 Å². The van der Waals surface area contributed by atoms with Crippen LogP contribution in [0.5, 0.6) is 5.75 Å². The Bertz CT molecular complexity index is 611. The average Bonchev–Trinajstić information content (AvgIpc) is 3.22. The van der Waals surface area contributed by atoms with Gasteiger partial charge in [0.2, 0.25) is 0 Å². The van der Waals surface area contributed by atoms with E-state index < -0.39 is 0 Å². The molecule has 0 unspecified atom stereocenters. The Morgan fingerprint density at radius 2 is 1.95 bits per heavy atom. The number of aryl methyl sites for hydroxylation is 1. The summed E-state index contributed by atoms with van der Waals surface area (Å²) in [6, 6.07) is 10.3. The fourth-order valence-electron chi connectivity index (χ4n) is 1.99. The molecule has 0 spiro atoms. The molecule has 3 rings (SSSR count). The zero-order valence-electron chi connectivity index (χ0n) is 11.7. The number of benzene rings is 1. The van der Waals surface area contributed by atoms with Crippen LogP contribution in [0.1, 0.15) is 18.7 Å². The standard InChI is InChI=1S/C15H18N4O/c1-10-16-14(18-11-6-7-11)9-15(17-10)19-12-4-3-5-13(8-12)20-2/h3-5,8-9,11H,6-7H2,1-2H3,(H2,16,17,18,19). The van der Waals surface area contributed by atoms with Crippen LogP contribution >= 0.6 is 0 Å². The van der Waals surface area contributed by atoms with Gasteiger partial charge in [0.15, 0.2) is 0 Å². The Morgan fingerprint density at radius 3 is 2.70 bits per heavy atom. The quantitative estimate of drug-likeness (QED) is 0.874. The van der Waals surface area contributed by atoms with Crippen molar-refractivity contribution in [2.24, 2.45) is 0 Å². The molecule has 1 aliphatic carbocycles. The van der Waals surface area contributed by atoms with E-state index in [4.69, 9.17) is 4.74 Å². The second-order valence-electron chi connectivity index (χ2n) is 4.96. The normalized spacial score (nSPS) is 13.9. The molecule has 0 atom stereocenters. The van der Waals surface area contributed by atoms with E-state index in [9.17, 15) is 0 Å². The van der Waals surface area contributed by atoms with Gasteiger partial charge in [-0.2, -0.15) is 0 Å². The van der Waals surface area contributed by atoms with E-state index in [2.05, 4.69) is 20.6 Å². The predicted octanol–water partition coefficient (Wildman–Crippen LogP) is 3.11. The third-order valence-corrected chi connectivity index (χ3v) is 3.11. The predicted molar refractivity (Wildman–Crippen MR) is 79.7 cm³/mol. The van der Waals surface area contributed by atoms with E-state index in [1.54, 1.807) is 7.11 Å². The van der Waals surface area contributed by atoms with Crippen LogP contribution in [0.25, 0.3) is 0 Å². The number of hydrogen-bond acceptors (Lipinski definition) is 5. The lowest BCUT2D eigenvalue weighted by Crippen LogP contribution is -2.06. The van der Waals surface area contributed by atoms with Crippen molar-refractivity contribution in [3.63, 3.8) is 0 Å². The Hall–Kier alpha value is -2.30. The molecule has 2 aromatic rings. The van der Waals surface area contributed by atoms with E-state index in [0.29, 0.717) is 6.04 Å². The average molecular weight is 270 g/mol. The monoisotopic (exact) mass is 270 g/mol. The van der Waals surface area contributed by atoms with Crippen LogP contribution in [0, 0.1) is 6.92 Å². The molecular formula is C15H18N4O. The van der Waals surface area contributed by atoms with E-state index in [1.165, 1.54) is 12.8 Å². The van der Waals surface area contributed by atoms with Crippen molar-refractivity contribution < 1.29 is 4.74 Å². The molecule has 104 valence electrons. The molecule has 1 aromatic heterocycles. The highest BCUT2D eigenvalue weighted by atomic mass is 16.5. The molecule has 0 radical (unpaired) electrons. The van der Waals surface area contributed by atoms with Crippen molar-refractivity contribution in [3.8, 4) is 5.75 Å². The molecule has 1 aromatic carbocycles. The lowest BCUT2D eigenvalue weighted by Gasteiger charge is -2.10. The Labute approximate surface area is 118 Å². The minimum absolute atomic E-state index is 0.578. The molecular weight excluding hydrogens is 252 g/mol. The maximum atomic E-state index is 5.22. The highest BCUT2D eigenvalue weighted by molar-refractivity contribution is 5.61. The van der Waals surface area contributed by atoms with Crippen LogP contribution in [0.15, 0.2) is 30.3 Å². The molecule has 1 heterocycles. The first-order valence-corrected chi connectivity index (χ1v) is 6.76. The fraction of sp³-hybridized carbons (Fsp3) is 0.333. The van der Waals surface area contributed by atoms with E-state index in [-0.39, 0.29) is 0 Å². The number of aromatic nitrogens is 2. The summed E-state index contributed by atoms with van der Waals surface area (Å²) in [4.78, 5) is 8.81. The molecule has 0 amide bonds. The van der Waals surface area contributed by atoms with Gasteiger partial charge in [-0.05, 0) is 31.9 Å². The van der Waals surface area contributed by atoms with Crippen molar-refractivity contribution in [1.82, 2.24) is 9.97 Å². The van der Waals surface area contributed by atoms with Gasteiger partial charge < -0.3 is 15.4 Å². The molecule has 0 saturated heterocycles. The first kappa shape index (κ1) is 12.7. The van der Waals surface area contributed by atoms with Gasteiger partial charge in [-0.3, -0.25) is 0 Å². The Balaban J connectivity index is 1.79. The minimum atomic E-state index is 0.578. The smallest absolute Gasteiger partial charge is 0.136 e. The number of nitrogens with zero attached hydrogens (tertiary/aromatic N) is 2. The van der Waals surface area contributed by atoms with Crippen LogP contribution in [-0.4, -0.2) is 23.1 Å². The van der Waals surface area contributed by atoms with Crippen LogP contribution in [0.4, 0.5) is 17.3 Å². The zero-order chi connectivity index (χ0) is 13.9. The fourth-order valence-corrected chi connectivity index (χ4v) is 1.99. The molecule has 1 fully saturated rings. The molecule has 0 bridgehead atoms. The first-order valence-electron chi connectivity index (χ1n) is 6.76. The second-order valence-corrected chi connectivity index (χ2v) is 4.96. The largest absolute Gasteiger partial charge is 0.497 e. The van der Waals surface area contributed by atoms with Crippen molar-refractivity contribution in [2.75, 3.05) is 17.7 Å².